The number of nitrogens with one attached hydrogen (secondary N) is 1. The quantitative estimate of drug-likeness (QED) is 0.741. The molecule has 1 unspecified atom stereocenters. The van der Waals surface area contributed by atoms with Crippen molar-refractivity contribution in [2.24, 2.45) is 0 Å². The van der Waals surface area contributed by atoms with Gasteiger partial charge in [0.25, 0.3) is 0 Å². The Morgan fingerprint density at radius 2 is 1.74 bits per heavy atom. The fourth-order valence-corrected chi connectivity index (χ4v) is 3.74. The number of aryl methyl sites for hydroxylation is 1. The molecule has 2 aromatic carbocycles. The second kappa shape index (κ2) is 7.70. The molecular weight excluding hydrogens is 334 g/mol. The normalized spacial score (nSPS) is 16.0. The zero-order valence-electron chi connectivity index (χ0n) is 15.6. The van der Waals surface area contributed by atoms with Crippen molar-refractivity contribution in [3.8, 4) is 0 Å². The van der Waals surface area contributed by atoms with Crippen LogP contribution >= 0.6 is 0 Å². The molecule has 1 aliphatic heterocycles. The van der Waals surface area contributed by atoms with Crippen LogP contribution < -0.4 is 5.32 Å². The molecule has 4 rings (SSSR count). The number of aromatic nitrogens is 1. The van der Waals surface area contributed by atoms with E-state index in [4.69, 9.17) is 0 Å². The highest BCUT2D eigenvalue weighted by Gasteiger charge is 2.30. The van der Waals surface area contributed by atoms with Gasteiger partial charge in [0.15, 0.2) is 0 Å². The highest BCUT2D eigenvalue weighted by atomic mass is 16.2. The van der Waals surface area contributed by atoms with E-state index in [9.17, 15) is 4.79 Å². The first-order valence-corrected chi connectivity index (χ1v) is 9.50. The number of urea groups is 1. The van der Waals surface area contributed by atoms with Crippen molar-refractivity contribution >= 4 is 6.03 Å². The van der Waals surface area contributed by atoms with Crippen LogP contribution in [0.2, 0.25) is 0 Å². The third kappa shape index (κ3) is 3.90. The Morgan fingerprint density at radius 1 is 0.963 bits per heavy atom. The fraction of sp³-hybridized carbons (Fsp3) is 0.261. The zero-order valence-corrected chi connectivity index (χ0v) is 15.6. The largest absolute Gasteiger partial charge is 0.348 e. The molecule has 138 valence electrons. The molecule has 0 saturated carbocycles. The number of benzene rings is 2. The van der Waals surface area contributed by atoms with Crippen molar-refractivity contribution in [1.29, 1.82) is 0 Å². The summed E-state index contributed by atoms with van der Waals surface area (Å²) in [7, 11) is 0. The molecule has 2 heterocycles. The van der Waals surface area contributed by atoms with E-state index in [2.05, 4.69) is 83.7 Å². The van der Waals surface area contributed by atoms with Crippen LogP contribution in [-0.2, 0) is 19.5 Å². The molecule has 4 nitrogen and oxygen atoms in total. The number of rotatable bonds is 4. The molecule has 3 aromatic rings. The molecule has 0 fully saturated rings. The minimum atomic E-state index is 0.00366. The maximum absolute atomic E-state index is 13.0. The summed E-state index contributed by atoms with van der Waals surface area (Å²) in [5.74, 6) is 0. The van der Waals surface area contributed by atoms with Crippen molar-refractivity contribution in [2.75, 3.05) is 6.54 Å². The lowest BCUT2D eigenvalue weighted by atomic mass is 10.0. The van der Waals surface area contributed by atoms with E-state index in [0.29, 0.717) is 6.54 Å². The fourth-order valence-electron chi connectivity index (χ4n) is 3.74. The summed E-state index contributed by atoms with van der Waals surface area (Å²) in [6, 6.07) is 22.9. The van der Waals surface area contributed by atoms with Gasteiger partial charge in [-0.2, -0.15) is 0 Å². The van der Waals surface area contributed by atoms with E-state index in [0.717, 1.165) is 25.1 Å². The van der Waals surface area contributed by atoms with Crippen molar-refractivity contribution in [3.05, 3.63) is 95.3 Å². The van der Waals surface area contributed by atoms with Gasteiger partial charge in [0.2, 0.25) is 0 Å². The molecule has 1 aromatic heterocycles. The van der Waals surface area contributed by atoms with Gasteiger partial charge in [0.05, 0.1) is 6.04 Å². The average molecular weight is 359 g/mol. The molecule has 0 radical (unpaired) electrons. The maximum Gasteiger partial charge on any atom is 0.318 e. The van der Waals surface area contributed by atoms with E-state index in [1.54, 1.807) is 0 Å². The molecule has 2 amide bonds. The van der Waals surface area contributed by atoms with Gasteiger partial charge in [0.1, 0.15) is 0 Å². The van der Waals surface area contributed by atoms with Crippen LogP contribution in [0.1, 0.15) is 28.4 Å². The lowest BCUT2D eigenvalue weighted by Gasteiger charge is -2.37. The molecule has 27 heavy (non-hydrogen) atoms. The van der Waals surface area contributed by atoms with E-state index in [-0.39, 0.29) is 12.1 Å². The number of hydrogen-bond acceptors (Lipinski definition) is 1. The molecule has 1 N–H and O–H groups in total. The first kappa shape index (κ1) is 17.4. The lowest BCUT2D eigenvalue weighted by Crippen LogP contribution is -2.47. The van der Waals surface area contributed by atoms with E-state index in [1.807, 2.05) is 11.0 Å². The standard InChI is InChI=1S/C23H25N3O/c1-18-9-11-20(12-10-18)17-24-23(27)26-15-14-25-13-5-8-21(25)22(26)16-19-6-3-2-4-7-19/h2-13,22H,14-17H2,1H3,(H,24,27). The first-order chi connectivity index (χ1) is 13.2. The summed E-state index contributed by atoms with van der Waals surface area (Å²) in [5.41, 5.74) is 4.79. The van der Waals surface area contributed by atoms with Crippen molar-refractivity contribution in [1.82, 2.24) is 14.8 Å². The Hall–Kier alpha value is -3.01. The monoisotopic (exact) mass is 359 g/mol. The van der Waals surface area contributed by atoms with Gasteiger partial charge in [-0.15, -0.1) is 0 Å². The van der Waals surface area contributed by atoms with Crippen LogP contribution in [0.3, 0.4) is 0 Å². The Kier molecular flexibility index (Phi) is 4.97. The minimum Gasteiger partial charge on any atom is -0.348 e. The Bertz CT molecular complexity index is 899. The smallest absolute Gasteiger partial charge is 0.318 e. The second-order valence-electron chi connectivity index (χ2n) is 7.17. The van der Waals surface area contributed by atoms with Crippen LogP contribution in [0.25, 0.3) is 0 Å². The topological polar surface area (TPSA) is 37.3 Å². The number of fused-ring (bicyclic) bond motifs is 1. The van der Waals surface area contributed by atoms with Gasteiger partial charge in [-0.3, -0.25) is 0 Å². The summed E-state index contributed by atoms with van der Waals surface area (Å²) < 4.78 is 2.26. The van der Waals surface area contributed by atoms with Crippen molar-refractivity contribution < 1.29 is 4.79 Å². The van der Waals surface area contributed by atoms with Gasteiger partial charge in [-0.05, 0) is 36.6 Å². The van der Waals surface area contributed by atoms with E-state index >= 15 is 0 Å². The Labute approximate surface area is 160 Å². The number of carbonyl (C=O) groups excluding carboxylic acids is 1. The predicted octanol–water partition coefficient (Wildman–Crippen LogP) is 4.31. The number of nitrogens with zero attached hydrogens (tertiary/aromatic N) is 2. The summed E-state index contributed by atoms with van der Waals surface area (Å²) in [6.07, 6.45) is 2.93. The summed E-state index contributed by atoms with van der Waals surface area (Å²) in [4.78, 5) is 15.0. The minimum absolute atomic E-state index is 0.00366. The molecule has 1 atom stereocenters. The molecule has 0 spiro atoms. The predicted molar refractivity (Wildman–Crippen MR) is 107 cm³/mol. The van der Waals surface area contributed by atoms with Crippen LogP contribution in [0, 0.1) is 6.92 Å². The molecular formula is C23H25N3O. The maximum atomic E-state index is 13.0. The zero-order chi connectivity index (χ0) is 18.6. The Morgan fingerprint density at radius 3 is 2.52 bits per heavy atom. The molecule has 0 saturated heterocycles. The SMILES string of the molecule is Cc1ccc(CNC(=O)N2CCn3cccc3C2Cc2ccccc2)cc1. The first-order valence-electron chi connectivity index (χ1n) is 9.50. The highest BCUT2D eigenvalue weighted by molar-refractivity contribution is 5.75. The molecule has 0 aliphatic carbocycles. The average Bonchev–Trinajstić information content (AvgIpc) is 3.18. The number of hydrogen-bond donors (Lipinski definition) is 1. The third-order valence-electron chi connectivity index (χ3n) is 5.26. The van der Waals surface area contributed by atoms with Crippen molar-refractivity contribution in [3.63, 3.8) is 0 Å². The summed E-state index contributed by atoms with van der Waals surface area (Å²) in [6.45, 7) is 4.18. The van der Waals surface area contributed by atoms with E-state index in [1.165, 1.54) is 16.8 Å². The summed E-state index contributed by atoms with van der Waals surface area (Å²) >= 11 is 0. The highest BCUT2D eigenvalue weighted by Crippen LogP contribution is 2.29. The van der Waals surface area contributed by atoms with Crippen LogP contribution in [0.5, 0.6) is 0 Å². The van der Waals surface area contributed by atoms with E-state index < -0.39 is 0 Å². The van der Waals surface area contributed by atoms with Gasteiger partial charge in [-0.1, -0.05) is 60.2 Å². The second-order valence-corrected chi connectivity index (χ2v) is 7.17. The molecule has 4 heteroatoms. The van der Waals surface area contributed by atoms with Crippen molar-refractivity contribution in [2.45, 2.75) is 32.5 Å². The van der Waals surface area contributed by atoms with Gasteiger partial charge in [0, 0.05) is 31.5 Å². The van der Waals surface area contributed by atoms with Crippen LogP contribution in [0.4, 0.5) is 4.79 Å². The van der Waals surface area contributed by atoms with Gasteiger partial charge >= 0.3 is 6.03 Å². The molecule has 1 aliphatic rings. The third-order valence-corrected chi connectivity index (χ3v) is 5.26. The van der Waals surface area contributed by atoms with Gasteiger partial charge < -0.3 is 14.8 Å². The van der Waals surface area contributed by atoms with Gasteiger partial charge in [-0.25, -0.2) is 4.79 Å². The number of carbonyl (C=O) groups is 1. The van der Waals surface area contributed by atoms with Crippen LogP contribution in [0.15, 0.2) is 72.9 Å². The Balaban J connectivity index is 1.50. The van der Waals surface area contributed by atoms with Crippen LogP contribution in [-0.4, -0.2) is 22.0 Å². The summed E-state index contributed by atoms with van der Waals surface area (Å²) in [5, 5.41) is 3.10. The number of amides is 2. The molecule has 0 bridgehead atoms. The lowest BCUT2D eigenvalue weighted by molar-refractivity contribution is 0.155.